The van der Waals surface area contributed by atoms with Crippen LogP contribution in [0, 0.1) is 0 Å². The highest BCUT2D eigenvalue weighted by Crippen LogP contribution is 2.31. The Morgan fingerprint density at radius 3 is 2.37 bits per heavy atom. The molecule has 1 aromatic carbocycles. The molecule has 162 valence electrons. The molecule has 1 heterocycles. The van der Waals surface area contributed by atoms with E-state index in [1.54, 1.807) is 44.6 Å². The molecule has 0 radical (unpaired) electrons. The zero-order valence-corrected chi connectivity index (χ0v) is 20.6. The highest BCUT2D eigenvalue weighted by molar-refractivity contribution is 8.05. The molecule has 0 bridgehead atoms. The number of halogens is 3. The van der Waals surface area contributed by atoms with Gasteiger partial charge in [0.25, 0.3) is 0 Å². The van der Waals surface area contributed by atoms with E-state index >= 15 is 0 Å². The minimum absolute atomic E-state index is 0.555. The lowest BCUT2D eigenvalue weighted by molar-refractivity contribution is -0.138. The van der Waals surface area contributed by atoms with Crippen molar-refractivity contribution >= 4 is 58.2 Å². The van der Waals surface area contributed by atoms with Crippen molar-refractivity contribution in [2.75, 3.05) is 0 Å². The maximum Gasteiger partial charge on any atom is 0.319 e. The number of carbonyl (C=O) groups is 1. The average molecular weight is 488 g/mol. The van der Waals surface area contributed by atoms with E-state index in [2.05, 4.69) is 16.9 Å². The van der Waals surface area contributed by atoms with Crippen LogP contribution in [0.5, 0.6) is 0 Å². The molecule has 0 saturated carbocycles. The first-order valence-corrected chi connectivity index (χ1v) is 11.1. The molecule has 0 atom stereocenters. The second-order valence-corrected chi connectivity index (χ2v) is 10.0. The van der Waals surface area contributed by atoms with Gasteiger partial charge in [0.15, 0.2) is 0 Å². The van der Waals surface area contributed by atoms with Crippen LogP contribution in [0.25, 0.3) is 0 Å². The van der Waals surface area contributed by atoms with Gasteiger partial charge in [-0.05, 0) is 63.9 Å². The van der Waals surface area contributed by atoms with Gasteiger partial charge in [-0.15, -0.1) is 11.8 Å². The Morgan fingerprint density at radius 1 is 1.17 bits per heavy atom. The van der Waals surface area contributed by atoms with Crippen LogP contribution in [0.1, 0.15) is 45.7 Å². The van der Waals surface area contributed by atoms with Gasteiger partial charge in [0, 0.05) is 44.8 Å². The fourth-order valence-corrected chi connectivity index (χ4v) is 3.78. The first kappa shape index (κ1) is 26.5. The van der Waals surface area contributed by atoms with Crippen molar-refractivity contribution in [3.8, 4) is 0 Å². The Bertz CT molecular complexity index is 944. The monoisotopic (exact) mass is 486 g/mol. The van der Waals surface area contributed by atoms with Crippen molar-refractivity contribution < 1.29 is 9.90 Å². The highest BCUT2D eigenvalue weighted by Gasteiger charge is 2.28. The summed E-state index contributed by atoms with van der Waals surface area (Å²) in [7, 11) is 0. The largest absolute Gasteiger partial charge is 0.480 e. The first-order chi connectivity index (χ1) is 14.0. The van der Waals surface area contributed by atoms with Crippen LogP contribution in [0.3, 0.4) is 0 Å². The third-order valence-corrected chi connectivity index (χ3v) is 5.81. The predicted molar refractivity (Wildman–Crippen MR) is 130 cm³/mol. The van der Waals surface area contributed by atoms with Crippen molar-refractivity contribution in [2.45, 2.75) is 45.8 Å². The Kier molecular flexibility index (Phi) is 10.9. The third-order valence-electron chi connectivity index (χ3n) is 3.88. The molecule has 8 heteroatoms. The number of aliphatic imine (C=N–C) groups is 1. The Labute approximate surface area is 197 Å². The van der Waals surface area contributed by atoms with E-state index in [4.69, 9.17) is 39.9 Å². The van der Waals surface area contributed by atoms with Crippen LogP contribution in [-0.4, -0.2) is 26.5 Å². The number of carboxylic acids is 1. The molecule has 0 fully saturated rings. The van der Waals surface area contributed by atoms with Gasteiger partial charge >= 0.3 is 5.97 Å². The Hall–Kier alpha value is -1.53. The fraction of sp³-hybridized carbons (Fsp3) is 0.318. The summed E-state index contributed by atoms with van der Waals surface area (Å²) in [5.74, 6) is -0.852. The van der Waals surface area contributed by atoms with Gasteiger partial charge < -0.3 is 5.11 Å². The van der Waals surface area contributed by atoms with Crippen molar-refractivity contribution in [1.29, 1.82) is 0 Å². The van der Waals surface area contributed by atoms with Crippen LogP contribution in [0.15, 0.2) is 52.8 Å². The maximum absolute atomic E-state index is 11.0. The quantitative estimate of drug-likeness (QED) is 0.427. The molecule has 2 aromatic rings. The van der Waals surface area contributed by atoms with Crippen LogP contribution < -0.4 is 0 Å². The van der Waals surface area contributed by atoms with Crippen molar-refractivity contribution in [2.24, 2.45) is 4.99 Å². The van der Waals surface area contributed by atoms with Gasteiger partial charge in [0.1, 0.15) is 4.75 Å². The van der Waals surface area contributed by atoms with Crippen LogP contribution in [0.4, 0.5) is 0 Å². The normalized spacial score (nSPS) is 12.3. The SMILES string of the molecule is CC(=N/C=C(\C)SC(C)(C)C(=O)O)c1cncc(Cl)c1.CCc1cc(Cl)ccc1Cl. The molecule has 2 rings (SSSR count). The van der Waals surface area contributed by atoms with Gasteiger partial charge in [0.05, 0.1) is 5.02 Å². The second-order valence-electron chi connectivity index (χ2n) is 6.85. The van der Waals surface area contributed by atoms with Gasteiger partial charge in [0.2, 0.25) is 0 Å². The molecule has 30 heavy (non-hydrogen) atoms. The third kappa shape index (κ3) is 9.09. The average Bonchev–Trinajstić information content (AvgIpc) is 2.68. The molecule has 0 spiro atoms. The lowest BCUT2D eigenvalue weighted by Gasteiger charge is -2.18. The number of hydrogen-bond acceptors (Lipinski definition) is 4. The van der Waals surface area contributed by atoms with E-state index in [1.165, 1.54) is 11.8 Å². The summed E-state index contributed by atoms with van der Waals surface area (Å²) in [6.07, 6.45) is 5.83. The summed E-state index contributed by atoms with van der Waals surface area (Å²) in [5.41, 5.74) is 2.71. The molecule has 0 aliphatic rings. The van der Waals surface area contributed by atoms with Crippen molar-refractivity contribution in [3.63, 3.8) is 0 Å². The molecule has 0 aliphatic carbocycles. The number of aromatic nitrogens is 1. The summed E-state index contributed by atoms with van der Waals surface area (Å²) in [6.45, 7) is 9.06. The number of hydrogen-bond donors (Lipinski definition) is 1. The summed E-state index contributed by atoms with van der Waals surface area (Å²) in [4.78, 5) is 20.2. The molecule has 1 aromatic heterocycles. The Balaban J connectivity index is 0.000000375. The highest BCUT2D eigenvalue weighted by atomic mass is 35.5. The van der Waals surface area contributed by atoms with Crippen LogP contribution >= 0.6 is 46.6 Å². The predicted octanol–water partition coefficient (Wildman–Crippen LogP) is 7.56. The first-order valence-electron chi connectivity index (χ1n) is 9.14. The van der Waals surface area contributed by atoms with E-state index in [0.29, 0.717) is 5.02 Å². The van der Waals surface area contributed by atoms with Crippen LogP contribution in [0.2, 0.25) is 15.1 Å². The smallest absolute Gasteiger partial charge is 0.319 e. The number of allylic oxidation sites excluding steroid dienone is 1. The van der Waals surface area contributed by atoms with Crippen molar-refractivity contribution in [3.05, 3.63) is 74.0 Å². The number of rotatable bonds is 6. The molecule has 0 aliphatic heterocycles. The molecule has 1 N–H and O–H groups in total. The van der Waals surface area contributed by atoms with Crippen molar-refractivity contribution in [1.82, 2.24) is 4.98 Å². The summed E-state index contributed by atoms with van der Waals surface area (Å²) in [6, 6.07) is 7.29. The summed E-state index contributed by atoms with van der Waals surface area (Å²) in [5, 5.41) is 11.2. The number of thioether (sulfide) groups is 1. The number of benzene rings is 1. The van der Waals surface area contributed by atoms with E-state index in [0.717, 1.165) is 38.2 Å². The van der Waals surface area contributed by atoms with Gasteiger partial charge in [-0.25, -0.2) is 0 Å². The zero-order chi connectivity index (χ0) is 22.9. The van der Waals surface area contributed by atoms with E-state index in [1.807, 2.05) is 26.0 Å². The van der Waals surface area contributed by atoms with Gasteiger partial charge in [-0.2, -0.15) is 0 Å². The van der Waals surface area contributed by atoms with Crippen LogP contribution in [-0.2, 0) is 11.2 Å². The summed E-state index contributed by atoms with van der Waals surface area (Å²) < 4.78 is -0.873. The second kappa shape index (κ2) is 12.4. The number of pyridine rings is 1. The maximum atomic E-state index is 11.0. The lowest BCUT2D eigenvalue weighted by atomic mass is 10.2. The van der Waals surface area contributed by atoms with Gasteiger partial charge in [-0.1, -0.05) is 41.7 Å². The topological polar surface area (TPSA) is 62.5 Å². The zero-order valence-electron chi connectivity index (χ0n) is 17.5. The molecule has 4 nitrogen and oxygen atoms in total. The van der Waals surface area contributed by atoms with E-state index in [9.17, 15) is 4.79 Å². The van der Waals surface area contributed by atoms with Gasteiger partial charge in [-0.3, -0.25) is 14.8 Å². The van der Waals surface area contributed by atoms with E-state index < -0.39 is 10.7 Å². The number of nitrogens with zero attached hydrogens (tertiary/aromatic N) is 2. The fourth-order valence-electron chi connectivity index (χ4n) is 2.16. The van der Waals surface area contributed by atoms with E-state index in [-0.39, 0.29) is 0 Å². The minimum atomic E-state index is -0.873. The molecule has 0 unspecified atom stereocenters. The molecule has 0 amide bonds. The Morgan fingerprint density at radius 2 is 1.83 bits per heavy atom. The number of aryl methyl sites for hydroxylation is 1. The summed E-state index contributed by atoms with van der Waals surface area (Å²) >= 11 is 18.7. The minimum Gasteiger partial charge on any atom is -0.480 e. The molecule has 0 saturated heterocycles. The number of carboxylic acid groups (broad SMARTS) is 1. The number of aliphatic carboxylic acids is 1. The molecular weight excluding hydrogens is 463 g/mol. The lowest BCUT2D eigenvalue weighted by Crippen LogP contribution is -2.26. The molecular formula is C22H25Cl3N2O2S. The standard InChI is InChI=1S/C14H17ClN2O2S.C8H8Cl2/c1-9(20-14(3,4)13(18)19)6-17-10(2)11-5-12(15)8-16-7-11;1-2-6-5-7(9)3-4-8(6)10/h5-8H,1-4H3,(H,18,19);3-5H,2H2,1H3/b9-6+,17-10?;.